The van der Waals surface area contributed by atoms with Gasteiger partial charge < -0.3 is 0 Å². The van der Waals surface area contributed by atoms with E-state index in [0.717, 1.165) is 15.6 Å². The maximum atomic E-state index is 12.9. The Kier molecular flexibility index (Phi) is 4.22. The van der Waals surface area contributed by atoms with Crippen molar-refractivity contribution < 1.29 is 21.6 Å². The van der Waals surface area contributed by atoms with Crippen LogP contribution in [0.2, 0.25) is 0 Å². The summed E-state index contributed by atoms with van der Waals surface area (Å²) < 4.78 is 65.8. The van der Waals surface area contributed by atoms with Gasteiger partial charge in [-0.05, 0) is 37.6 Å². The van der Waals surface area contributed by atoms with E-state index in [9.17, 15) is 26.4 Å². The average molecular weight is 384 g/mol. The molecule has 0 unspecified atom stereocenters. The molecule has 2 aromatic heterocycles. The van der Waals surface area contributed by atoms with Crippen LogP contribution < -0.4 is 5.56 Å². The maximum absolute atomic E-state index is 12.9. The second kappa shape index (κ2) is 6.01. The smallest absolute Gasteiger partial charge is 0.297 e. The van der Waals surface area contributed by atoms with Gasteiger partial charge in [-0.25, -0.2) is 12.4 Å². The second-order valence-corrected chi connectivity index (χ2v) is 7.85. The van der Waals surface area contributed by atoms with Gasteiger partial charge in [0.2, 0.25) is 0 Å². The Hall–Kier alpha value is -2.55. The molecule has 0 saturated carbocycles. The third-order valence-corrected chi connectivity index (χ3v) is 5.69. The Morgan fingerprint density at radius 2 is 1.62 bits per heavy atom. The fourth-order valence-electron chi connectivity index (χ4n) is 2.83. The Balaban J connectivity index is 2.28. The molecule has 5 nitrogen and oxygen atoms in total. The molecule has 0 amide bonds. The van der Waals surface area contributed by atoms with Crippen LogP contribution in [0.25, 0.3) is 11.0 Å². The standard InChI is InChI=1S/C17H15F3N2O3S/c1-11-3-5-13(6-4-11)26(24,25)22-9-12(2)16-14(22)7-8-15(23)21(16)10-17(18,19)20/h3-9H,10H2,1-2H3. The molecule has 1 aromatic carbocycles. The molecule has 3 rings (SSSR count). The Labute approximate surface area is 147 Å². The third-order valence-electron chi connectivity index (χ3n) is 4.00. The monoisotopic (exact) mass is 384 g/mol. The lowest BCUT2D eigenvalue weighted by Gasteiger charge is -2.12. The zero-order chi connectivity index (χ0) is 19.3. The third kappa shape index (κ3) is 3.14. The molecule has 0 N–H and O–H groups in total. The van der Waals surface area contributed by atoms with Crippen molar-refractivity contribution in [3.8, 4) is 0 Å². The van der Waals surface area contributed by atoms with Crippen LogP contribution in [0.5, 0.6) is 0 Å². The first-order chi connectivity index (χ1) is 12.0. The lowest BCUT2D eigenvalue weighted by Crippen LogP contribution is -2.28. The predicted molar refractivity (Wildman–Crippen MR) is 90.8 cm³/mol. The van der Waals surface area contributed by atoms with Gasteiger partial charge in [0.05, 0.1) is 15.9 Å². The van der Waals surface area contributed by atoms with Gasteiger partial charge in [0.25, 0.3) is 15.6 Å². The highest BCUT2D eigenvalue weighted by Gasteiger charge is 2.30. The van der Waals surface area contributed by atoms with Crippen molar-refractivity contribution in [1.29, 1.82) is 0 Å². The highest BCUT2D eigenvalue weighted by atomic mass is 32.2. The molecule has 0 aliphatic carbocycles. The van der Waals surface area contributed by atoms with Gasteiger partial charge in [-0.1, -0.05) is 17.7 Å². The maximum Gasteiger partial charge on any atom is 0.406 e. The molecule has 0 aliphatic rings. The molecule has 0 fully saturated rings. The lowest BCUT2D eigenvalue weighted by molar-refractivity contribution is -0.140. The summed E-state index contributed by atoms with van der Waals surface area (Å²) in [6, 6.07) is 8.28. The summed E-state index contributed by atoms with van der Waals surface area (Å²) in [5.74, 6) is 0. The minimum absolute atomic E-state index is 0.00794. The SMILES string of the molecule is Cc1ccc(S(=O)(=O)n2cc(C)c3c2ccc(=O)n3CC(F)(F)F)cc1. The normalized spacial score (nSPS) is 12.7. The minimum atomic E-state index is -4.61. The summed E-state index contributed by atoms with van der Waals surface area (Å²) in [4.78, 5) is 11.9. The van der Waals surface area contributed by atoms with E-state index in [2.05, 4.69) is 0 Å². The van der Waals surface area contributed by atoms with Crippen molar-refractivity contribution in [2.75, 3.05) is 0 Å². The molecular weight excluding hydrogens is 369 g/mol. The van der Waals surface area contributed by atoms with E-state index >= 15 is 0 Å². The molecule has 0 bridgehead atoms. The van der Waals surface area contributed by atoms with Crippen molar-refractivity contribution in [3.05, 3.63) is 64.1 Å². The first kappa shape index (κ1) is 18.2. The van der Waals surface area contributed by atoms with Gasteiger partial charge in [0, 0.05) is 12.3 Å². The number of benzene rings is 1. The largest absolute Gasteiger partial charge is 0.406 e. The summed E-state index contributed by atoms with van der Waals surface area (Å²) in [5.41, 5.74) is 0.259. The number of halogens is 3. The lowest BCUT2D eigenvalue weighted by atomic mass is 10.2. The topological polar surface area (TPSA) is 61.1 Å². The first-order valence-corrected chi connectivity index (χ1v) is 9.05. The Bertz CT molecular complexity index is 1140. The zero-order valence-electron chi connectivity index (χ0n) is 13.9. The number of rotatable bonds is 3. The molecule has 0 radical (unpaired) electrons. The number of aromatic nitrogens is 2. The van der Waals surface area contributed by atoms with Gasteiger partial charge >= 0.3 is 6.18 Å². The van der Waals surface area contributed by atoms with Gasteiger partial charge in [-0.15, -0.1) is 0 Å². The fourth-order valence-corrected chi connectivity index (χ4v) is 4.24. The average Bonchev–Trinajstić information content (AvgIpc) is 2.87. The Morgan fingerprint density at radius 1 is 1.00 bits per heavy atom. The fraction of sp³-hybridized carbons (Fsp3) is 0.235. The van der Waals surface area contributed by atoms with E-state index in [-0.39, 0.29) is 21.5 Å². The molecular formula is C17H15F3N2O3S. The van der Waals surface area contributed by atoms with Crippen LogP contribution >= 0.6 is 0 Å². The number of alkyl halides is 3. The molecule has 3 aromatic rings. The van der Waals surface area contributed by atoms with Crippen LogP contribution in [0.15, 0.2) is 52.3 Å². The van der Waals surface area contributed by atoms with Crippen LogP contribution in [-0.2, 0) is 16.6 Å². The van der Waals surface area contributed by atoms with Crippen LogP contribution in [0.3, 0.4) is 0 Å². The summed E-state index contributed by atoms with van der Waals surface area (Å²) in [6.07, 6.45) is -3.38. The van der Waals surface area contributed by atoms with Crippen LogP contribution in [0.4, 0.5) is 13.2 Å². The van der Waals surface area contributed by atoms with E-state index in [4.69, 9.17) is 0 Å². The zero-order valence-corrected chi connectivity index (χ0v) is 14.7. The van der Waals surface area contributed by atoms with E-state index in [1.54, 1.807) is 19.1 Å². The highest BCUT2D eigenvalue weighted by Crippen LogP contribution is 2.27. The van der Waals surface area contributed by atoms with Gasteiger partial charge in [0.15, 0.2) is 0 Å². The van der Waals surface area contributed by atoms with E-state index < -0.39 is 28.3 Å². The summed E-state index contributed by atoms with van der Waals surface area (Å²) >= 11 is 0. The van der Waals surface area contributed by atoms with Gasteiger partial charge in [0.1, 0.15) is 6.54 Å². The number of hydrogen-bond donors (Lipinski definition) is 0. The van der Waals surface area contributed by atoms with E-state index in [1.165, 1.54) is 31.3 Å². The van der Waals surface area contributed by atoms with Crippen molar-refractivity contribution in [2.45, 2.75) is 31.5 Å². The highest BCUT2D eigenvalue weighted by molar-refractivity contribution is 7.90. The molecule has 0 spiro atoms. The summed E-state index contributed by atoms with van der Waals surface area (Å²) in [6.45, 7) is 1.79. The first-order valence-electron chi connectivity index (χ1n) is 7.61. The number of pyridine rings is 1. The van der Waals surface area contributed by atoms with Crippen molar-refractivity contribution in [3.63, 3.8) is 0 Å². The predicted octanol–water partition coefficient (Wildman–Crippen LogP) is 3.22. The molecule has 0 saturated heterocycles. The van der Waals surface area contributed by atoms with Gasteiger partial charge in [-0.3, -0.25) is 9.36 Å². The molecule has 0 aliphatic heterocycles. The van der Waals surface area contributed by atoms with Gasteiger partial charge in [-0.2, -0.15) is 13.2 Å². The van der Waals surface area contributed by atoms with Crippen LogP contribution in [-0.4, -0.2) is 23.1 Å². The molecule has 9 heteroatoms. The molecule has 26 heavy (non-hydrogen) atoms. The van der Waals surface area contributed by atoms with Crippen molar-refractivity contribution in [1.82, 2.24) is 8.54 Å². The van der Waals surface area contributed by atoms with Crippen LogP contribution in [0.1, 0.15) is 11.1 Å². The number of fused-ring (bicyclic) bond motifs is 1. The minimum Gasteiger partial charge on any atom is -0.297 e. The number of hydrogen-bond acceptors (Lipinski definition) is 3. The molecule has 0 atom stereocenters. The van der Waals surface area contributed by atoms with Crippen LogP contribution in [0, 0.1) is 13.8 Å². The summed E-state index contributed by atoms with van der Waals surface area (Å²) in [5, 5.41) is 0. The number of aryl methyl sites for hydroxylation is 2. The van der Waals surface area contributed by atoms with Crippen molar-refractivity contribution in [2.24, 2.45) is 0 Å². The second-order valence-electron chi connectivity index (χ2n) is 6.03. The molecule has 138 valence electrons. The Morgan fingerprint density at radius 3 is 2.19 bits per heavy atom. The molecule has 2 heterocycles. The number of nitrogens with zero attached hydrogens (tertiary/aromatic N) is 2. The quantitative estimate of drug-likeness (QED) is 0.697. The van der Waals surface area contributed by atoms with Crippen molar-refractivity contribution >= 4 is 21.1 Å². The van der Waals surface area contributed by atoms with E-state index in [1.807, 2.05) is 0 Å². The van der Waals surface area contributed by atoms with E-state index in [0.29, 0.717) is 4.57 Å². The summed E-state index contributed by atoms with van der Waals surface area (Å²) in [7, 11) is -4.01.